The normalized spacial score (nSPS) is 12.2. The van der Waals surface area contributed by atoms with Crippen molar-refractivity contribution in [1.82, 2.24) is 9.97 Å². The molecular formula is C16H15N3O2S. The Labute approximate surface area is 130 Å². The lowest BCUT2D eigenvalue weighted by Gasteiger charge is -2.08. The lowest BCUT2D eigenvalue weighted by Crippen LogP contribution is -2.09. The number of carbonyl (C=O) groups is 1. The van der Waals surface area contributed by atoms with Crippen LogP contribution in [0.5, 0.6) is 0 Å². The van der Waals surface area contributed by atoms with Gasteiger partial charge in [-0.2, -0.15) is 0 Å². The van der Waals surface area contributed by atoms with Crippen molar-refractivity contribution in [3.8, 4) is 0 Å². The van der Waals surface area contributed by atoms with Crippen LogP contribution < -0.4 is 5.32 Å². The molecule has 3 rings (SSSR count). The van der Waals surface area contributed by atoms with Gasteiger partial charge in [0.05, 0.1) is 27.6 Å². The van der Waals surface area contributed by atoms with E-state index in [1.807, 2.05) is 42.5 Å². The Hall–Kier alpha value is -2.47. The maximum absolute atomic E-state index is 12.5. The van der Waals surface area contributed by atoms with Crippen LogP contribution in [0.25, 0.3) is 11.0 Å². The summed E-state index contributed by atoms with van der Waals surface area (Å²) >= 11 is 0. The number of nitrogens with one attached hydrogen (secondary N) is 2. The van der Waals surface area contributed by atoms with Crippen LogP contribution in [0.2, 0.25) is 0 Å². The fourth-order valence-corrected chi connectivity index (χ4v) is 3.30. The number of nitrogens with zero attached hydrogens (tertiary/aromatic N) is 1. The number of aromatic nitrogens is 2. The molecule has 0 aliphatic heterocycles. The largest absolute Gasteiger partial charge is 0.331 e. The van der Waals surface area contributed by atoms with Gasteiger partial charge in [-0.3, -0.25) is 9.00 Å². The van der Waals surface area contributed by atoms with Crippen molar-refractivity contribution in [2.75, 3.05) is 5.32 Å². The number of H-pyrrole nitrogens is 1. The van der Waals surface area contributed by atoms with Crippen molar-refractivity contribution in [2.45, 2.75) is 17.8 Å². The smallest absolute Gasteiger partial charge is 0.221 e. The average molecular weight is 313 g/mol. The molecule has 0 saturated heterocycles. The van der Waals surface area contributed by atoms with E-state index in [9.17, 15) is 9.00 Å². The Balaban J connectivity index is 1.86. The van der Waals surface area contributed by atoms with E-state index in [1.165, 1.54) is 6.92 Å². The van der Waals surface area contributed by atoms with Crippen LogP contribution >= 0.6 is 0 Å². The van der Waals surface area contributed by atoms with Crippen LogP contribution in [0, 0.1) is 0 Å². The second-order valence-electron chi connectivity index (χ2n) is 4.89. The summed E-state index contributed by atoms with van der Waals surface area (Å²) in [5.41, 5.74) is 3.15. The summed E-state index contributed by atoms with van der Waals surface area (Å²) < 4.78 is 12.5. The number of anilines is 1. The number of carbonyl (C=O) groups excluding carboxylic acids is 1. The van der Waals surface area contributed by atoms with Crippen molar-refractivity contribution in [3.05, 3.63) is 54.1 Å². The van der Waals surface area contributed by atoms with Crippen LogP contribution in [-0.4, -0.2) is 20.1 Å². The summed E-state index contributed by atoms with van der Waals surface area (Å²) in [6, 6.07) is 14.9. The standard InChI is InChI=1S/C16H15N3O2S/c1-11(20)17-13-7-3-2-6-12(13)10-22(21)16-18-14-8-4-5-9-15(14)19-16/h2-9H,10H2,1H3,(H,17,20)(H,18,19). The number of benzene rings is 2. The molecule has 0 saturated carbocycles. The fraction of sp³-hybridized carbons (Fsp3) is 0.125. The van der Waals surface area contributed by atoms with E-state index >= 15 is 0 Å². The molecule has 2 N–H and O–H groups in total. The molecule has 1 aromatic heterocycles. The number of hydrogen-bond acceptors (Lipinski definition) is 3. The molecule has 112 valence electrons. The van der Waals surface area contributed by atoms with E-state index in [0.29, 0.717) is 10.8 Å². The van der Waals surface area contributed by atoms with Gasteiger partial charge in [0, 0.05) is 12.6 Å². The zero-order chi connectivity index (χ0) is 15.5. The minimum absolute atomic E-state index is 0.151. The quantitative estimate of drug-likeness (QED) is 0.777. The second-order valence-corrected chi connectivity index (χ2v) is 6.25. The highest BCUT2D eigenvalue weighted by atomic mass is 32.2. The van der Waals surface area contributed by atoms with E-state index in [1.54, 1.807) is 6.07 Å². The molecule has 0 bridgehead atoms. The minimum Gasteiger partial charge on any atom is -0.331 e. The van der Waals surface area contributed by atoms with Crippen molar-refractivity contribution < 1.29 is 9.00 Å². The first-order valence-electron chi connectivity index (χ1n) is 6.82. The molecule has 22 heavy (non-hydrogen) atoms. The van der Waals surface area contributed by atoms with Crippen LogP contribution in [0.4, 0.5) is 5.69 Å². The summed E-state index contributed by atoms with van der Waals surface area (Å²) in [6.45, 7) is 1.45. The van der Waals surface area contributed by atoms with Crippen LogP contribution in [0.15, 0.2) is 53.7 Å². The second kappa shape index (κ2) is 6.11. The van der Waals surface area contributed by atoms with E-state index < -0.39 is 10.8 Å². The summed E-state index contributed by atoms with van der Waals surface area (Å²) in [7, 11) is -1.31. The van der Waals surface area contributed by atoms with Gasteiger partial charge in [-0.05, 0) is 23.8 Å². The van der Waals surface area contributed by atoms with Crippen molar-refractivity contribution in [2.24, 2.45) is 0 Å². The third-order valence-electron chi connectivity index (χ3n) is 3.20. The van der Waals surface area contributed by atoms with Gasteiger partial charge in [0.25, 0.3) is 0 Å². The third-order valence-corrected chi connectivity index (χ3v) is 4.40. The van der Waals surface area contributed by atoms with E-state index in [2.05, 4.69) is 15.3 Å². The first-order chi connectivity index (χ1) is 10.6. The van der Waals surface area contributed by atoms with Gasteiger partial charge in [0.15, 0.2) is 5.16 Å². The maximum Gasteiger partial charge on any atom is 0.221 e. The highest BCUT2D eigenvalue weighted by molar-refractivity contribution is 7.84. The van der Waals surface area contributed by atoms with Crippen LogP contribution in [0.3, 0.4) is 0 Å². The molecule has 0 radical (unpaired) electrons. The van der Waals surface area contributed by atoms with E-state index in [4.69, 9.17) is 0 Å². The average Bonchev–Trinajstić information content (AvgIpc) is 2.93. The van der Waals surface area contributed by atoms with Crippen molar-refractivity contribution in [1.29, 1.82) is 0 Å². The van der Waals surface area contributed by atoms with Gasteiger partial charge < -0.3 is 10.3 Å². The van der Waals surface area contributed by atoms with Crippen molar-refractivity contribution >= 4 is 33.4 Å². The molecule has 1 heterocycles. The Bertz CT molecular complexity index is 824. The number of fused-ring (bicyclic) bond motifs is 1. The van der Waals surface area contributed by atoms with E-state index in [0.717, 1.165) is 16.6 Å². The summed E-state index contributed by atoms with van der Waals surface area (Å²) in [5, 5.41) is 3.20. The molecule has 5 nitrogen and oxygen atoms in total. The Morgan fingerprint density at radius 3 is 2.68 bits per heavy atom. The first kappa shape index (κ1) is 14.5. The monoisotopic (exact) mass is 313 g/mol. The minimum atomic E-state index is -1.31. The number of amides is 1. The number of imidazole rings is 1. The topological polar surface area (TPSA) is 74.8 Å². The molecule has 1 amide bonds. The van der Waals surface area contributed by atoms with Gasteiger partial charge in [0.2, 0.25) is 5.91 Å². The summed E-state index contributed by atoms with van der Waals surface area (Å²) in [4.78, 5) is 18.7. The van der Waals surface area contributed by atoms with Gasteiger partial charge in [-0.1, -0.05) is 30.3 Å². The molecule has 0 aliphatic carbocycles. The fourth-order valence-electron chi connectivity index (χ4n) is 2.20. The van der Waals surface area contributed by atoms with Crippen molar-refractivity contribution in [3.63, 3.8) is 0 Å². The highest BCUT2D eigenvalue weighted by Gasteiger charge is 2.13. The van der Waals surface area contributed by atoms with Crippen LogP contribution in [0.1, 0.15) is 12.5 Å². The number of aromatic amines is 1. The van der Waals surface area contributed by atoms with Gasteiger partial charge in [-0.15, -0.1) is 0 Å². The summed E-state index contributed by atoms with van der Waals surface area (Å²) in [5.74, 6) is 0.137. The Morgan fingerprint density at radius 2 is 1.91 bits per heavy atom. The van der Waals surface area contributed by atoms with Gasteiger partial charge in [-0.25, -0.2) is 4.98 Å². The third kappa shape index (κ3) is 3.07. The Morgan fingerprint density at radius 1 is 1.18 bits per heavy atom. The van der Waals surface area contributed by atoms with Crippen LogP contribution in [-0.2, 0) is 21.3 Å². The predicted molar refractivity (Wildman–Crippen MR) is 87.0 cm³/mol. The molecular weight excluding hydrogens is 298 g/mol. The number of rotatable bonds is 4. The van der Waals surface area contributed by atoms with Gasteiger partial charge >= 0.3 is 0 Å². The SMILES string of the molecule is CC(=O)Nc1ccccc1CS(=O)c1nc2ccccc2[nH]1. The number of hydrogen-bond donors (Lipinski definition) is 2. The zero-order valence-electron chi connectivity index (χ0n) is 12.0. The molecule has 0 aliphatic rings. The maximum atomic E-state index is 12.5. The lowest BCUT2D eigenvalue weighted by molar-refractivity contribution is -0.114. The predicted octanol–water partition coefficient (Wildman–Crippen LogP) is 2.83. The summed E-state index contributed by atoms with van der Waals surface area (Å²) in [6.07, 6.45) is 0. The Kier molecular flexibility index (Phi) is 4.02. The molecule has 0 fully saturated rings. The zero-order valence-corrected chi connectivity index (χ0v) is 12.8. The van der Waals surface area contributed by atoms with E-state index in [-0.39, 0.29) is 11.7 Å². The van der Waals surface area contributed by atoms with Gasteiger partial charge in [0.1, 0.15) is 0 Å². The first-order valence-corrected chi connectivity index (χ1v) is 8.14. The molecule has 3 aromatic rings. The molecule has 1 unspecified atom stereocenters. The highest BCUT2D eigenvalue weighted by Crippen LogP contribution is 2.20. The molecule has 1 atom stereocenters. The molecule has 6 heteroatoms. The lowest BCUT2D eigenvalue weighted by atomic mass is 10.2. The number of para-hydroxylation sites is 3. The molecule has 0 spiro atoms. The molecule has 2 aromatic carbocycles.